The van der Waals surface area contributed by atoms with Gasteiger partial charge in [0.25, 0.3) is 0 Å². The summed E-state index contributed by atoms with van der Waals surface area (Å²) in [5, 5.41) is 0. The fourth-order valence-electron chi connectivity index (χ4n) is 0.531. The SMILES string of the molecule is CC(=O)OCC1=COC=CO1. The van der Waals surface area contributed by atoms with E-state index in [0.29, 0.717) is 5.76 Å². The second-order valence-electron chi connectivity index (χ2n) is 1.89. The summed E-state index contributed by atoms with van der Waals surface area (Å²) < 4.78 is 14.3. The summed E-state index contributed by atoms with van der Waals surface area (Å²) in [5.74, 6) is 0.131. The summed E-state index contributed by atoms with van der Waals surface area (Å²) in [6.07, 6.45) is 4.14. The summed E-state index contributed by atoms with van der Waals surface area (Å²) in [4.78, 5) is 10.3. The average molecular weight is 156 g/mol. The van der Waals surface area contributed by atoms with E-state index >= 15 is 0 Å². The summed E-state index contributed by atoms with van der Waals surface area (Å²) in [6.45, 7) is 1.44. The van der Waals surface area contributed by atoms with Gasteiger partial charge in [-0.25, -0.2) is 0 Å². The predicted molar refractivity (Wildman–Crippen MR) is 36.0 cm³/mol. The van der Waals surface area contributed by atoms with Crippen molar-refractivity contribution in [3.63, 3.8) is 0 Å². The lowest BCUT2D eigenvalue weighted by atomic mass is 10.5. The van der Waals surface area contributed by atoms with E-state index in [4.69, 9.17) is 9.47 Å². The van der Waals surface area contributed by atoms with Crippen LogP contribution < -0.4 is 0 Å². The number of hydrogen-bond donors (Lipinski definition) is 0. The maximum Gasteiger partial charge on any atom is 0.303 e. The van der Waals surface area contributed by atoms with Crippen LogP contribution in [-0.2, 0) is 19.0 Å². The van der Waals surface area contributed by atoms with Crippen molar-refractivity contribution < 1.29 is 19.0 Å². The van der Waals surface area contributed by atoms with Gasteiger partial charge in [0.15, 0.2) is 12.4 Å². The third-order valence-electron chi connectivity index (χ3n) is 0.971. The highest BCUT2D eigenvalue weighted by atomic mass is 16.6. The Morgan fingerprint density at radius 2 is 2.45 bits per heavy atom. The predicted octanol–water partition coefficient (Wildman–Crippen LogP) is 0.909. The minimum absolute atomic E-state index is 0.111. The van der Waals surface area contributed by atoms with Crippen LogP contribution in [-0.4, -0.2) is 12.6 Å². The maximum absolute atomic E-state index is 10.3. The fourth-order valence-corrected chi connectivity index (χ4v) is 0.531. The molecule has 0 aromatic heterocycles. The molecule has 0 saturated carbocycles. The topological polar surface area (TPSA) is 44.8 Å². The van der Waals surface area contributed by atoms with E-state index in [2.05, 4.69) is 4.74 Å². The lowest BCUT2D eigenvalue weighted by Gasteiger charge is -2.08. The molecule has 0 N–H and O–H groups in total. The highest BCUT2D eigenvalue weighted by Crippen LogP contribution is 2.04. The Balaban J connectivity index is 2.26. The van der Waals surface area contributed by atoms with E-state index in [-0.39, 0.29) is 12.6 Å². The van der Waals surface area contributed by atoms with Crippen molar-refractivity contribution in [2.24, 2.45) is 0 Å². The molecule has 0 amide bonds. The Morgan fingerprint density at radius 1 is 1.64 bits per heavy atom. The lowest BCUT2D eigenvalue weighted by Crippen LogP contribution is -2.05. The number of ether oxygens (including phenoxy) is 3. The first kappa shape index (κ1) is 7.65. The van der Waals surface area contributed by atoms with Gasteiger partial charge in [-0.2, -0.15) is 0 Å². The lowest BCUT2D eigenvalue weighted by molar-refractivity contribution is -0.140. The Morgan fingerprint density at radius 3 is 3.00 bits per heavy atom. The highest BCUT2D eigenvalue weighted by Gasteiger charge is 2.02. The molecular formula is C7H8O4. The zero-order valence-corrected chi connectivity index (χ0v) is 6.07. The van der Waals surface area contributed by atoms with E-state index in [1.807, 2.05) is 0 Å². The molecule has 0 fully saturated rings. The van der Waals surface area contributed by atoms with Crippen LogP contribution in [0.3, 0.4) is 0 Å². The molecule has 0 spiro atoms. The highest BCUT2D eigenvalue weighted by molar-refractivity contribution is 5.66. The normalized spacial score (nSPS) is 14.5. The van der Waals surface area contributed by atoms with Crippen LogP contribution in [0.15, 0.2) is 24.5 Å². The molecule has 0 radical (unpaired) electrons. The third kappa shape index (κ3) is 2.75. The summed E-state index contributed by atoms with van der Waals surface area (Å²) in [6, 6.07) is 0. The van der Waals surface area contributed by atoms with Crippen LogP contribution in [0.1, 0.15) is 6.92 Å². The Labute approximate surface area is 64.0 Å². The molecule has 0 bridgehead atoms. The van der Waals surface area contributed by atoms with Crippen molar-refractivity contribution in [1.29, 1.82) is 0 Å². The molecule has 0 aromatic carbocycles. The van der Waals surface area contributed by atoms with Gasteiger partial charge in [-0.15, -0.1) is 0 Å². The van der Waals surface area contributed by atoms with Gasteiger partial charge in [0.1, 0.15) is 18.8 Å². The molecule has 11 heavy (non-hydrogen) atoms. The molecule has 0 aromatic rings. The van der Waals surface area contributed by atoms with Gasteiger partial charge in [-0.3, -0.25) is 4.79 Å². The second kappa shape index (κ2) is 3.65. The monoisotopic (exact) mass is 156 g/mol. The first-order chi connectivity index (χ1) is 5.29. The number of hydrogen-bond acceptors (Lipinski definition) is 4. The fraction of sp³-hybridized carbons (Fsp3) is 0.286. The molecule has 60 valence electrons. The van der Waals surface area contributed by atoms with Gasteiger partial charge < -0.3 is 14.2 Å². The first-order valence-corrected chi connectivity index (χ1v) is 3.08. The molecule has 4 heteroatoms. The number of carbonyl (C=O) groups excluding carboxylic acids is 1. The van der Waals surface area contributed by atoms with Crippen molar-refractivity contribution in [3.05, 3.63) is 24.5 Å². The smallest absolute Gasteiger partial charge is 0.303 e. The van der Waals surface area contributed by atoms with Crippen LogP contribution in [0, 0.1) is 0 Å². The maximum atomic E-state index is 10.3. The minimum Gasteiger partial charge on any atom is -0.466 e. The van der Waals surface area contributed by atoms with Gasteiger partial charge in [0.05, 0.1) is 0 Å². The quantitative estimate of drug-likeness (QED) is 0.557. The Kier molecular flexibility index (Phi) is 2.54. The van der Waals surface area contributed by atoms with Crippen molar-refractivity contribution in [2.75, 3.05) is 6.61 Å². The molecular weight excluding hydrogens is 148 g/mol. The Hall–Kier alpha value is -1.45. The standard InChI is InChI=1S/C7H8O4/c1-6(8)11-5-7-4-9-2-3-10-7/h2-4H,5H2,1H3. The van der Waals surface area contributed by atoms with E-state index in [0.717, 1.165) is 0 Å². The number of rotatable bonds is 2. The van der Waals surface area contributed by atoms with Crippen molar-refractivity contribution in [1.82, 2.24) is 0 Å². The molecule has 4 nitrogen and oxygen atoms in total. The van der Waals surface area contributed by atoms with Crippen molar-refractivity contribution >= 4 is 5.97 Å². The van der Waals surface area contributed by atoms with Gasteiger partial charge >= 0.3 is 5.97 Å². The largest absolute Gasteiger partial charge is 0.466 e. The van der Waals surface area contributed by atoms with Crippen LogP contribution in [0.25, 0.3) is 0 Å². The van der Waals surface area contributed by atoms with E-state index in [9.17, 15) is 4.79 Å². The van der Waals surface area contributed by atoms with Crippen LogP contribution in [0.5, 0.6) is 0 Å². The zero-order chi connectivity index (χ0) is 8.10. The third-order valence-corrected chi connectivity index (χ3v) is 0.971. The van der Waals surface area contributed by atoms with E-state index in [1.54, 1.807) is 0 Å². The molecule has 0 atom stereocenters. The number of esters is 1. The molecule has 0 aliphatic carbocycles. The molecule has 0 unspecified atom stereocenters. The van der Waals surface area contributed by atoms with Crippen molar-refractivity contribution in [2.45, 2.75) is 6.92 Å². The van der Waals surface area contributed by atoms with E-state index in [1.165, 1.54) is 25.7 Å². The molecule has 1 rings (SSSR count). The number of carbonyl (C=O) groups is 1. The molecule has 1 aliphatic rings. The van der Waals surface area contributed by atoms with E-state index < -0.39 is 0 Å². The van der Waals surface area contributed by atoms with Gasteiger partial charge in [0, 0.05) is 6.92 Å². The summed E-state index contributed by atoms with van der Waals surface area (Å²) >= 11 is 0. The van der Waals surface area contributed by atoms with Crippen LogP contribution >= 0.6 is 0 Å². The van der Waals surface area contributed by atoms with Gasteiger partial charge in [-0.05, 0) is 0 Å². The van der Waals surface area contributed by atoms with Crippen LogP contribution in [0.2, 0.25) is 0 Å². The molecule has 0 saturated heterocycles. The van der Waals surface area contributed by atoms with Gasteiger partial charge in [-0.1, -0.05) is 0 Å². The molecule has 1 aliphatic heterocycles. The average Bonchev–Trinajstić information content (AvgIpc) is 2.03. The minimum atomic E-state index is -0.343. The Bertz CT molecular complexity index is 204. The van der Waals surface area contributed by atoms with Crippen molar-refractivity contribution in [3.8, 4) is 0 Å². The van der Waals surface area contributed by atoms with Gasteiger partial charge in [0.2, 0.25) is 0 Å². The first-order valence-electron chi connectivity index (χ1n) is 3.08. The summed E-state index contributed by atoms with van der Waals surface area (Å²) in [5.41, 5.74) is 0. The zero-order valence-electron chi connectivity index (χ0n) is 6.07. The van der Waals surface area contributed by atoms with Crippen LogP contribution in [0.4, 0.5) is 0 Å². The summed E-state index contributed by atoms with van der Waals surface area (Å²) in [7, 11) is 0. The second-order valence-corrected chi connectivity index (χ2v) is 1.89. The molecule has 1 heterocycles.